The van der Waals surface area contributed by atoms with Crippen molar-refractivity contribution in [1.29, 1.82) is 0 Å². The van der Waals surface area contributed by atoms with Gasteiger partial charge in [0, 0.05) is 42.3 Å². The summed E-state index contributed by atoms with van der Waals surface area (Å²) in [6, 6.07) is 7.30. The Balaban J connectivity index is 1.93. The van der Waals surface area contributed by atoms with Gasteiger partial charge in [-0.2, -0.15) is 5.10 Å². The van der Waals surface area contributed by atoms with Crippen LogP contribution in [0.15, 0.2) is 53.6 Å². The highest BCUT2D eigenvalue weighted by Gasteiger charge is 2.19. The molecule has 0 aliphatic heterocycles. The number of hydrogen-bond donors (Lipinski definition) is 2. The maximum Gasteiger partial charge on any atom is 0.261 e. The fraction of sp³-hybridized carbons (Fsp3) is 0.143. The molecule has 11 heteroatoms. The van der Waals surface area contributed by atoms with Gasteiger partial charge in [-0.05, 0) is 37.3 Å². The van der Waals surface area contributed by atoms with Crippen LogP contribution in [0.2, 0.25) is 0 Å². The molecule has 0 saturated carbocycles. The zero-order valence-electron chi connectivity index (χ0n) is 17.0. The van der Waals surface area contributed by atoms with E-state index in [0.29, 0.717) is 28.1 Å². The van der Waals surface area contributed by atoms with Gasteiger partial charge < -0.3 is 9.30 Å². The normalized spacial score (nSPS) is 11.6. The fourth-order valence-corrected chi connectivity index (χ4v) is 3.81. The zero-order chi connectivity index (χ0) is 23.0. The minimum atomic E-state index is -3.57. The third-order valence-electron chi connectivity index (χ3n) is 4.81. The van der Waals surface area contributed by atoms with E-state index in [0.717, 1.165) is 12.1 Å². The van der Waals surface area contributed by atoms with E-state index in [1.807, 2.05) is 0 Å². The van der Waals surface area contributed by atoms with Crippen LogP contribution in [0.3, 0.4) is 0 Å². The van der Waals surface area contributed by atoms with Crippen molar-refractivity contribution in [3.05, 3.63) is 70.8 Å². The lowest BCUT2D eigenvalue weighted by Crippen LogP contribution is -2.16. The summed E-state index contributed by atoms with van der Waals surface area (Å²) in [7, 11) is -2.01. The third kappa shape index (κ3) is 4.06. The standard InChI is InChI=1S/C21H18F2N4O4S/c1-3-32(29,30)26-13-5-7-18(31-19-6-4-12(22)8-17(19)23)14(9-13)16-11-27(2)21(28)15-10-24-25-20(15)16/h4-11,26H,3H2,1-2H3,(H,24,25). The highest BCUT2D eigenvalue weighted by Crippen LogP contribution is 2.38. The van der Waals surface area contributed by atoms with Gasteiger partial charge in [-0.15, -0.1) is 0 Å². The molecule has 2 N–H and O–H groups in total. The van der Waals surface area contributed by atoms with E-state index in [1.54, 1.807) is 7.05 Å². The van der Waals surface area contributed by atoms with Crippen LogP contribution < -0.4 is 15.0 Å². The maximum atomic E-state index is 14.2. The van der Waals surface area contributed by atoms with Crippen molar-refractivity contribution in [1.82, 2.24) is 14.8 Å². The molecule has 166 valence electrons. The van der Waals surface area contributed by atoms with Gasteiger partial charge in [0.25, 0.3) is 5.56 Å². The second-order valence-electron chi connectivity index (χ2n) is 7.00. The first-order chi connectivity index (χ1) is 15.2. The summed E-state index contributed by atoms with van der Waals surface area (Å²) in [5.41, 5.74) is 1.07. The molecule has 4 aromatic rings. The van der Waals surface area contributed by atoms with E-state index >= 15 is 0 Å². The first kappa shape index (κ1) is 21.5. The van der Waals surface area contributed by atoms with Gasteiger partial charge in [-0.25, -0.2) is 17.2 Å². The lowest BCUT2D eigenvalue weighted by molar-refractivity contribution is 0.439. The Morgan fingerprint density at radius 2 is 1.88 bits per heavy atom. The van der Waals surface area contributed by atoms with Crippen molar-refractivity contribution in [2.45, 2.75) is 6.92 Å². The monoisotopic (exact) mass is 460 g/mol. The number of aromatic nitrogens is 3. The van der Waals surface area contributed by atoms with Crippen LogP contribution in [-0.4, -0.2) is 28.9 Å². The smallest absolute Gasteiger partial charge is 0.261 e. The Hall–Kier alpha value is -3.73. The largest absolute Gasteiger partial charge is 0.454 e. The lowest BCUT2D eigenvalue weighted by atomic mass is 10.0. The van der Waals surface area contributed by atoms with Crippen molar-refractivity contribution < 1.29 is 21.9 Å². The summed E-state index contributed by atoms with van der Waals surface area (Å²) >= 11 is 0. The maximum absolute atomic E-state index is 14.2. The SMILES string of the molecule is CCS(=O)(=O)Nc1ccc(Oc2ccc(F)cc2F)c(-c2cn(C)c(=O)c3c[nH]nc23)c1. The number of aromatic amines is 1. The quantitative estimate of drug-likeness (QED) is 0.456. The van der Waals surface area contributed by atoms with Crippen LogP contribution in [0.25, 0.3) is 22.0 Å². The van der Waals surface area contributed by atoms with Gasteiger partial charge in [0.2, 0.25) is 10.0 Å². The molecule has 0 unspecified atom stereocenters. The Bertz CT molecular complexity index is 1500. The zero-order valence-corrected chi connectivity index (χ0v) is 17.8. The Labute approximate surface area is 181 Å². The van der Waals surface area contributed by atoms with E-state index in [2.05, 4.69) is 14.9 Å². The summed E-state index contributed by atoms with van der Waals surface area (Å²) < 4.78 is 61.1. The minimum Gasteiger partial charge on any atom is -0.454 e. The predicted molar refractivity (Wildman–Crippen MR) is 116 cm³/mol. The van der Waals surface area contributed by atoms with E-state index in [4.69, 9.17) is 4.74 Å². The topological polar surface area (TPSA) is 106 Å². The number of H-pyrrole nitrogens is 1. The van der Waals surface area contributed by atoms with Crippen molar-refractivity contribution >= 4 is 26.6 Å². The molecule has 32 heavy (non-hydrogen) atoms. The number of sulfonamides is 1. The number of fused-ring (bicyclic) bond motifs is 1. The third-order valence-corrected chi connectivity index (χ3v) is 6.11. The first-order valence-corrected chi connectivity index (χ1v) is 11.1. The van der Waals surface area contributed by atoms with E-state index in [1.165, 1.54) is 42.1 Å². The molecule has 2 aromatic carbocycles. The number of hydrogen-bond acceptors (Lipinski definition) is 5. The number of pyridine rings is 1. The van der Waals surface area contributed by atoms with Crippen LogP contribution in [0.4, 0.5) is 14.5 Å². The van der Waals surface area contributed by atoms with Crippen molar-refractivity contribution in [2.24, 2.45) is 7.05 Å². The second kappa shape index (κ2) is 8.08. The number of anilines is 1. The van der Waals surface area contributed by atoms with Gasteiger partial charge >= 0.3 is 0 Å². The molecule has 0 amide bonds. The average Bonchev–Trinajstić information content (AvgIpc) is 3.24. The lowest BCUT2D eigenvalue weighted by Gasteiger charge is -2.15. The summed E-state index contributed by atoms with van der Waals surface area (Å²) in [4.78, 5) is 12.4. The van der Waals surface area contributed by atoms with Crippen LogP contribution in [0.1, 0.15) is 6.92 Å². The molecule has 4 rings (SSSR count). The molecule has 8 nitrogen and oxygen atoms in total. The second-order valence-corrected chi connectivity index (χ2v) is 9.01. The molecule has 0 aliphatic carbocycles. The Morgan fingerprint density at radius 3 is 2.59 bits per heavy atom. The summed E-state index contributed by atoms with van der Waals surface area (Å²) in [5, 5.41) is 7.09. The first-order valence-electron chi connectivity index (χ1n) is 9.49. The molecular formula is C21H18F2N4O4S. The molecule has 2 aromatic heterocycles. The summed E-state index contributed by atoms with van der Waals surface area (Å²) in [6.45, 7) is 1.50. The van der Waals surface area contributed by atoms with Gasteiger partial charge in [0.05, 0.1) is 11.1 Å². The number of rotatable bonds is 6. The predicted octanol–water partition coefficient (Wildman–Crippen LogP) is 3.76. The average molecular weight is 460 g/mol. The molecule has 0 bridgehead atoms. The van der Waals surface area contributed by atoms with Gasteiger partial charge in [-0.3, -0.25) is 14.6 Å². The highest BCUT2D eigenvalue weighted by atomic mass is 32.2. The van der Waals surface area contributed by atoms with Crippen LogP contribution in [0, 0.1) is 11.6 Å². The number of nitrogens with one attached hydrogen (secondary N) is 2. The molecule has 2 heterocycles. The van der Waals surface area contributed by atoms with E-state index < -0.39 is 21.7 Å². The van der Waals surface area contributed by atoms with Crippen molar-refractivity contribution in [3.63, 3.8) is 0 Å². The highest BCUT2D eigenvalue weighted by molar-refractivity contribution is 7.92. The number of benzene rings is 2. The molecule has 0 spiro atoms. The fourth-order valence-electron chi connectivity index (χ4n) is 3.18. The van der Waals surface area contributed by atoms with E-state index in [-0.39, 0.29) is 28.5 Å². The molecular weight excluding hydrogens is 442 g/mol. The molecule has 0 radical (unpaired) electrons. The van der Waals surface area contributed by atoms with Crippen LogP contribution in [-0.2, 0) is 17.1 Å². The number of nitrogens with zero attached hydrogens (tertiary/aromatic N) is 2. The van der Waals surface area contributed by atoms with Crippen LogP contribution >= 0.6 is 0 Å². The van der Waals surface area contributed by atoms with Crippen LogP contribution in [0.5, 0.6) is 11.5 Å². The summed E-state index contributed by atoms with van der Waals surface area (Å²) in [6.07, 6.45) is 2.97. The minimum absolute atomic E-state index is 0.134. The van der Waals surface area contributed by atoms with Crippen molar-refractivity contribution in [3.8, 4) is 22.6 Å². The number of aryl methyl sites for hydroxylation is 1. The summed E-state index contributed by atoms with van der Waals surface area (Å²) in [5.74, 6) is -1.87. The number of ether oxygens (including phenoxy) is 1. The van der Waals surface area contributed by atoms with Crippen molar-refractivity contribution in [2.75, 3.05) is 10.5 Å². The molecule has 0 saturated heterocycles. The molecule has 0 atom stereocenters. The molecule has 0 fully saturated rings. The van der Waals surface area contributed by atoms with E-state index in [9.17, 15) is 22.0 Å². The van der Waals surface area contributed by atoms with Gasteiger partial charge in [-0.1, -0.05) is 0 Å². The van der Waals surface area contributed by atoms with Gasteiger partial charge in [0.15, 0.2) is 11.6 Å². The molecule has 0 aliphatic rings. The van der Waals surface area contributed by atoms with Gasteiger partial charge in [0.1, 0.15) is 17.1 Å². The Morgan fingerprint density at radius 1 is 1.12 bits per heavy atom. The Kier molecular flexibility index (Phi) is 5.43. The number of halogens is 2.